The van der Waals surface area contributed by atoms with Gasteiger partial charge in [-0.25, -0.2) is 4.79 Å². The van der Waals surface area contributed by atoms with E-state index in [2.05, 4.69) is 26.6 Å². The molecule has 5 aromatic carbocycles. The van der Waals surface area contributed by atoms with E-state index in [1.165, 1.54) is 96.7 Å². The number of anilines is 4. The molecule has 0 saturated heterocycles. The van der Waals surface area contributed by atoms with Crippen LogP contribution in [0.25, 0.3) is 0 Å². The van der Waals surface area contributed by atoms with Gasteiger partial charge in [-0.1, -0.05) is 0 Å². The fourth-order valence-corrected chi connectivity index (χ4v) is 6.57. The Bertz CT molecular complexity index is 2580. The third kappa shape index (κ3) is 12.7. The minimum Gasteiger partial charge on any atom is -0.504 e. The largest absolute Gasteiger partial charge is 0.504 e. The lowest BCUT2D eigenvalue weighted by Crippen LogP contribution is -2.46. The Balaban J connectivity index is 1.19. The molecule has 2 atom stereocenters. The van der Waals surface area contributed by atoms with Crippen LogP contribution in [0.4, 0.5) is 22.7 Å². The molecule has 0 aliphatic rings. The molecule has 0 fully saturated rings. The first kappa shape index (κ1) is 45.9. The number of nitrogens with zero attached hydrogens (tertiary/aromatic N) is 1. The number of nitriles is 1. The average molecular weight is 872 g/mol. The van der Waals surface area contributed by atoms with Crippen LogP contribution in [-0.2, 0) is 14.4 Å². The van der Waals surface area contributed by atoms with E-state index in [1.807, 2.05) is 6.07 Å². The van der Waals surface area contributed by atoms with E-state index in [-0.39, 0.29) is 51.0 Å². The first-order chi connectivity index (χ1) is 30.0. The third-order valence-corrected chi connectivity index (χ3v) is 10.0. The number of benzene rings is 5. The minimum atomic E-state index is -1.38. The first-order valence-electron chi connectivity index (χ1n) is 19.1. The summed E-state index contributed by atoms with van der Waals surface area (Å²) in [5, 5.41) is 41.8. The number of carboxylic acids is 1. The second kappa shape index (κ2) is 20.9. The summed E-state index contributed by atoms with van der Waals surface area (Å²) < 4.78 is 5.77. The van der Waals surface area contributed by atoms with E-state index in [4.69, 9.17) is 20.8 Å². The number of aromatic hydroxyl groups is 1. The number of aromatic carboxylic acids is 1. The molecule has 9 N–H and O–H groups in total. The minimum absolute atomic E-state index is 0.0204. The lowest BCUT2D eigenvalue weighted by molar-refractivity contribution is -0.123. The van der Waals surface area contributed by atoms with Gasteiger partial charge < -0.3 is 47.3 Å². The zero-order chi connectivity index (χ0) is 45.8. The molecule has 0 aliphatic heterocycles. The summed E-state index contributed by atoms with van der Waals surface area (Å²) in [6, 6.07) is 27.0. The zero-order valence-corrected chi connectivity index (χ0v) is 34.7. The molecule has 322 valence electrons. The number of carboxylic acid groups (broad SMARTS) is 1. The lowest BCUT2D eigenvalue weighted by atomic mass is 10.1. The van der Waals surface area contributed by atoms with Crippen molar-refractivity contribution >= 4 is 75.9 Å². The molecule has 0 saturated carbocycles. The van der Waals surface area contributed by atoms with E-state index < -0.39 is 65.1 Å². The topological polar surface area (TPSA) is 279 Å². The Kier molecular flexibility index (Phi) is 15.2. The summed E-state index contributed by atoms with van der Waals surface area (Å²) in [6.07, 6.45) is -1.02. The number of carbonyl (C=O) groups is 7. The number of nitrogens with one attached hydrogen (secondary N) is 5. The van der Waals surface area contributed by atoms with Crippen molar-refractivity contribution in [3.63, 3.8) is 0 Å². The number of thioether (sulfide) groups is 1. The number of hydrogen-bond donors (Lipinski definition) is 8. The van der Waals surface area contributed by atoms with Crippen LogP contribution in [0.5, 0.6) is 11.5 Å². The Morgan fingerprint density at radius 1 is 0.667 bits per heavy atom. The van der Waals surface area contributed by atoms with Gasteiger partial charge in [-0.05, 0) is 130 Å². The Hall–Kier alpha value is -8.17. The fourth-order valence-electron chi connectivity index (χ4n) is 5.70. The number of rotatable bonds is 17. The van der Waals surface area contributed by atoms with Gasteiger partial charge in [0.05, 0.1) is 46.2 Å². The highest BCUT2D eigenvalue weighted by atomic mass is 32.2. The normalized spacial score (nSPS) is 11.5. The van der Waals surface area contributed by atoms with Gasteiger partial charge in [0.25, 0.3) is 17.7 Å². The summed E-state index contributed by atoms with van der Waals surface area (Å²) in [5.74, 6) is -5.86. The van der Waals surface area contributed by atoms with Crippen molar-refractivity contribution in [2.75, 3.05) is 21.3 Å². The first-order valence-corrected chi connectivity index (χ1v) is 20.0. The Morgan fingerprint density at radius 2 is 1.19 bits per heavy atom. The van der Waals surface area contributed by atoms with Crippen molar-refractivity contribution in [3.05, 3.63) is 137 Å². The van der Waals surface area contributed by atoms with Crippen molar-refractivity contribution in [3.8, 4) is 17.6 Å². The van der Waals surface area contributed by atoms with E-state index in [9.17, 15) is 38.7 Å². The maximum atomic E-state index is 13.3. The number of primary amides is 1. The molecule has 5 aromatic rings. The van der Waals surface area contributed by atoms with Gasteiger partial charge in [0.15, 0.2) is 11.5 Å². The predicted molar refractivity (Wildman–Crippen MR) is 235 cm³/mol. The number of nitrogens with two attached hydrogens (primary N) is 1. The standard InChI is InChI=1S/C45H41N7O10S/c1-24(2)62-39-35(21-20-34(38(39)54)43(58)49-31-16-10-29(11-17-31)45(60)61)51-41(56)27-8-14-32(15-9-27)50-44(59)36(22-37(47)53)52-42(57)28-6-12-30(13-7-28)48-40(55)25(3)63-33-18-4-26(23-46)5-19-33/h4-21,24-25,36,54H,22H2,1-3H3,(H2,47,53)(H,48,55)(H,49,58)(H,50,59)(H,51,56)(H,52,57)(H,60,61). The quantitative estimate of drug-likeness (QED) is 0.0501. The summed E-state index contributed by atoms with van der Waals surface area (Å²) in [5.41, 5.74) is 6.93. The molecule has 18 heteroatoms. The molecular weight excluding hydrogens is 831 g/mol. The number of carbonyl (C=O) groups excluding carboxylic acids is 6. The van der Waals surface area contributed by atoms with Crippen LogP contribution in [-0.4, -0.2) is 69.0 Å². The highest BCUT2D eigenvalue weighted by Crippen LogP contribution is 2.39. The van der Waals surface area contributed by atoms with E-state index in [0.717, 1.165) is 4.90 Å². The Morgan fingerprint density at radius 3 is 1.71 bits per heavy atom. The second-order valence-electron chi connectivity index (χ2n) is 14.0. The van der Waals surface area contributed by atoms with Crippen molar-refractivity contribution in [1.29, 1.82) is 5.26 Å². The molecule has 17 nitrogen and oxygen atoms in total. The van der Waals surface area contributed by atoms with Crippen LogP contribution in [0.3, 0.4) is 0 Å². The average Bonchev–Trinajstić information content (AvgIpc) is 3.25. The van der Waals surface area contributed by atoms with Gasteiger partial charge in [-0.2, -0.15) is 5.26 Å². The van der Waals surface area contributed by atoms with Crippen molar-refractivity contribution in [1.82, 2.24) is 5.32 Å². The number of phenols is 1. The molecule has 0 aliphatic carbocycles. The van der Waals surface area contributed by atoms with Crippen LogP contribution in [0.2, 0.25) is 0 Å². The number of ether oxygens (including phenoxy) is 1. The zero-order valence-electron chi connectivity index (χ0n) is 33.9. The SMILES string of the molecule is CC(C)Oc1c(NC(=O)c2ccc(NC(=O)C(CC(N)=O)NC(=O)c3ccc(NC(=O)C(C)Sc4ccc(C#N)cc4)cc3)cc2)ccc(C(=O)Nc2ccc(C(=O)O)cc2)c1O. The monoisotopic (exact) mass is 871 g/mol. The van der Waals surface area contributed by atoms with Crippen LogP contribution in [0.1, 0.15) is 74.2 Å². The van der Waals surface area contributed by atoms with Crippen LogP contribution < -0.4 is 37.1 Å². The summed E-state index contributed by atoms with van der Waals surface area (Å²) in [4.78, 5) is 89.5. The van der Waals surface area contributed by atoms with Gasteiger partial charge in [-0.15, -0.1) is 11.8 Å². The molecule has 2 unspecified atom stereocenters. The van der Waals surface area contributed by atoms with E-state index in [1.54, 1.807) is 45.0 Å². The number of hydrogen-bond acceptors (Lipinski definition) is 11. The summed E-state index contributed by atoms with van der Waals surface area (Å²) in [6.45, 7) is 5.08. The molecule has 0 heterocycles. The highest BCUT2D eigenvalue weighted by Gasteiger charge is 2.25. The van der Waals surface area contributed by atoms with E-state index in [0.29, 0.717) is 11.3 Å². The molecule has 0 spiro atoms. The van der Waals surface area contributed by atoms with Crippen LogP contribution >= 0.6 is 11.8 Å². The van der Waals surface area contributed by atoms with Crippen LogP contribution in [0, 0.1) is 11.3 Å². The smallest absolute Gasteiger partial charge is 0.335 e. The predicted octanol–water partition coefficient (Wildman–Crippen LogP) is 5.99. The van der Waals surface area contributed by atoms with Gasteiger partial charge in [0.2, 0.25) is 17.7 Å². The lowest BCUT2D eigenvalue weighted by Gasteiger charge is -2.19. The maximum Gasteiger partial charge on any atom is 0.335 e. The second-order valence-corrected chi connectivity index (χ2v) is 15.4. The number of phenolic OH excluding ortho intramolecular Hbond substituents is 1. The van der Waals surface area contributed by atoms with Gasteiger partial charge in [0.1, 0.15) is 6.04 Å². The fraction of sp³-hybridized carbons (Fsp3) is 0.156. The molecular formula is C45H41N7O10S. The molecule has 0 radical (unpaired) electrons. The summed E-state index contributed by atoms with van der Waals surface area (Å²) in [7, 11) is 0. The van der Waals surface area contributed by atoms with E-state index >= 15 is 0 Å². The molecule has 0 bridgehead atoms. The Labute approximate surface area is 365 Å². The summed E-state index contributed by atoms with van der Waals surface area (Å²) >= 11 is 1.31. The molecule has 63 heavy (non-hydrogen) atoms. The number of amides is 6. The van der Waals surface area contributed by atoms with Gasteiger partial charge >= 0.3 is 5.97 Å². The van der Waals surface area contributed by atoms with Crippen molar-refractivity contribution in [2.45, 2.75) is 49.5 Å². The molecule has 0 aromatic heterocycles. The van der Waals surface area contributed by atoms with Crippen molar-refractivity contribution < 1.29 is 48.5 Å². The van der Waals surface area contributed by atoms with Crippen molar-refractivity contribution in [2.24, 2.45) is 5.73 Å². The van der Waals surface area contributed by atoms with Gasteiger partial charge in [0, 0.05) is 33.1 Å². The van der Waals surface area contributed by atoms with Gasteiger partial charge in [-0.3, -0.25) is 28.8 Å². The third-order valence-electron chi connectivity index (χ3n) is 8.89. The molecule has 6 amide bonds. The molecule has 5 rings (SSSR count). The maximum absolute atomic E-state index is 13.3. The highest BCUT2D eigenvalue weighted by molar-refractivity contribution is 8.00. The van der Waals surface area contributed by atoms with Crippen LogP contribution in [0.15, 0.2) is 114 Å².